The molecule has 1 aromatic heterocycles. The number of alkyl halides is 3. The van der Waals surface area contributed by atoms with Crippen LogP contribution in [0.5, 0.6) is 0 Å². The van der Waals surface area contributed by atoms with E-state index in [0.717, 1.165) is 18.2 Å². The minimum absolute atomic E-state index is 0.0362. The van der Waals surface area contributed by atoms with Crippen LogP contribution in [-0.2, 0) is 22.6 Å². The summed E-state index contributed by atoms with van der Waals surface area (Å²) in [6.07, 6.45) is -2.89. The van der Waals surface area contributed by atoms with E-state index in [1.807, 2.05) is 0 Å². The molecule has 0 aliphatic rings. The highest BCUT2D eigenvalue weighted by Gasteiger charge is 2.36. The van der Waals surface area contributed by atoms with Crippen LogP contribution < -0.4 is 4.72 Å². The Kier molecular flexibility index (Phi) is 4.82. The fraction of sp³-hybridized carbons (Fsp3) is 0.214. The summed E-state index contributed by atoms with van der Waals surface area (Å²) in [4.78, 5) is 3.24. The second kappa shape index (κ2) is 6.45. The van der Waals surface area contributed by atoms with Crippen LogP contribution in [0.3, 0.4) is 0 Å². The van der Waals surface area contributed by atoms with Crippen molar-refractivity contribution in [2.45, 2.75) is 17.5 Å². The van der Waals surface area contributed by atoms with E-state index in [0.29, 0.717) is 5.69 Å². The molecular formula is C14H13F3N2O2S. The molecular weight excluding hydrogens is 317 g/mol. The van der Waals surface area contributed by atoms with Gasteiger partial charge in [-0.1, -0.05) is 18.2 Å². The van der Waals surface area contributed by atoms with Gasteiger partial charge in [0.05, 0.1) is 10.5 Å². The van der Waals surface area contributed by atoms with Gasteiger partial charge in [0.25, 0.3) is 0 Å². The third-order valence-electron chi connectivity index (χ3n) is 2.88. The van der Waals surface area contributed by atoms with E-state index in [9.17, 15) is 21.6 Å². The maximum atomic E-state index is 12.9. The Morgan fingerprint density at radius 2 is 1.73 bits per heavy atom. The number of nitrogens with one attached hydrogen (secondary N) is 1. The molecule has 0 spiro atoms. The minimum Gasteiger partial charge on any atom is -0.261 e. The van der Waals surface area contributed by atoms with Crippen molar-refractivity contribution in [3.63, 3.8) is 0 Å². The molecule has 22 heavy (non-hydrogen) atoms. The maximum Gasteiger partial charge on any atom is 0.417 e. The molecule has 0 atom stereocenters. The molecule has 1 heterocycles. The Hall–Kier alpha value is -1.93. The molecule has 118 valence electrons. The average Bonchev–Trinajstić information content (AvgIpc) is 2.47. The van der Waals surface area contributed by atoms with Crippen molar-refractivity contribution in [3.05, 3.63) is 59.9 Å². The van der Waals surface area contributed by atoms with Gasteiger partial charge in [-0.2, -0.15) is 13.2 Å². The summed E-state index contributed by atoms with van der Waals surface area (Å²) in [7, 11) is -4.24. The molecule has 0 saturated heterocycles. The van der Waals surface area contributed by atoms with E-state index >= 15 is 0 Å². The number of halogens is 3. The number of hydrogen-bond acceptors (Lipinski definition) is 3. The minimum atomic E-state index is -4.73. The second-order valence-corrected chi connectivity index (χ2v) is 6.20. The zero-order valence-electron chi connectivity index (χ0n) is 11.3. The highest BCUT2D eigenvalue weighted by molar-refractivity contribution is 7.89. The molecule has 4 nitrogen and oxygen atoms in total. The summed E-state index contributed by atoms with van der Waals surface area (Å²) in [5.41, 5.74) is -0.533. The third kappa shape index (κ3) is 4.05. The number of sulfonamides is 1. The normalized spacial score (nSPS) is 12.3. The lowest BCUT2D eigenvalue weighted by Crippen LogP contribution is -2.28. The van der Waals surface area contributed by atoms with E-state index in [1.54, 1.807) is 24.4 Å². The van der Waals surface area contributed by atoms with Crippen molar-refractivity contribution in [3.8, 4) is 0 Å². The smallest absolute Gasteiger partial charge is 0.261 e. The highest BCUT2D eigenvalue weighted by Crippen LogP contribution is 2.33. The van der Waals surface area contributed by atoms with Crippen LogP contribution in [-0.4, -0.2) is 19.9 Å². The Balaban J connectivity index is 2.14. The lowest BCUT2D eigenvalue weighted by Gasteiger charge is -2.13. The van der Waals surface area contributed by atoms with Gasteiger partial charge in [0.1, 0.15) is 0 Å². The molecule has 0 aliphatic carbocycles. The monoisotopic (exact) mass is 330 g/mol. The Morgan fingerprint density at radius 3 is 2.36 bits per heavy atom. The van der Waals surface area contributed by atoms with E-state index in [2.05, 4.69) is 9.71 Å². The molecule has 0 aliphatic heterocycles. The van der Waals surface area contributed by atoms with Gasteiger partial charge in [0.15, 0.2) is 0 Å². The molecule has 1 aromatic carbocycles. The van der Waals surface area contributed by atoms with Crippen LogP contribution in [0.15, 0.2) is 53.6 Å². The van der Waals surface area contributed by atoms with E-state index in [-0.39, 0.29) is 13.0 Å². The van der Waals surface area contributed by atoms with E-state index in [4.69, 9.17) is 0 Å². The molecule has 0 amide bonds. The molecule has 1 N–H and O–H groups in total. The number of rotatable bonds is 5. The third-order valence-corrected chi connectivity index (χ3v) is 4.40. The fourth-order valence-corrected chi connectivity index (χ4v) is 3.13. The van der Waals surface area contributed by atoms with Gasteiger partial charge in [0, 0.05) is 24.9 Å². The van der Waals surface area contributed by atoms with Gasteiger partial charge in [0.2, 0.25) is 10.0 Å². The summed E-state index contributed by atoms with van der Waals surface area (Å²) in [6, 6.07) is 9.25. The average molecular weight is 330 g/mol. The Morgan fingerprint density at radius 1 is 1.05 bits per heavy atom. The SMILES string of the molecule is O=S(=O)(NCCc1ccccn1)c1ccccc1C(F)(F)F. The molecule has 0 radical (unpaired) electrons. The van der Waals surface area contributed by atoms with Crippen molar-refractivity contribution >= 4 is 10.0 Å². The maximum absolute atomic E-state index is 12.9. The number of nitrogens with zero attached hydrogens (tertiary/aromatic N) is 1. The van der Waals surface area contributed by atoms with Gasteiger partial charge >= 0.3 is 6.18 Å². The van der Waals surface area contributed by atoms with Gasteiger partial charge in [-0.25, -0.2) is 13.1 Å². The molecule has 0 fully saturated rings. The zero-order chi connectivity index (χ0) is 16.2. The summed E-state index contributed by atoms with van der Waals surface area (Å²) < 4.78 is 64.9. The van der Waals surface area contributed by atoms with Gasteiger partial charge in [-0.15, -0.1) is 0 Å². The van der Waals surface area contributed by atoms with Gasteiger partial charge in [-0.3, -0.25) is 4.98 Å². The zero-order valence-corrected chi connectivity index (χ0v) is 12.2. The fourth-order valence-electron chi connectivity index (χ4n) is 1.87. The standard InChI is InChI=1S/C14H13F3N2O2S/c15-14(16,17)12-6-1-2-7-13(12)22(20,21)19-10-8-11-5-3-4-9-18-11/h1-7,9,19H,8,10H2. The van der Waals surface area contributed by atoms with Crippen LogP contribution in [0.1, 0.15) is 11.3 Å². The van der Waals surface area contributed by atoms with Crippen LogP contribution >= 0.6 is 0 Å². The lowest BCUT2D eigenvalue weighted by atomic mass is 10.2. The lowest BCUT2D eigenvalue weighted by molar-refractivity contribution is -0.139. The first kappa shape index (κ1) is 16.4. The summed E-state index contributed by atoms with van der Waals surface area (Å²) in [6.45, 7) is -0.0362. The van der Waals surface area contributed by atoms with Crippen molar-refractivity contribution in [1.82, 2.24) is 9.71 Å². The van der Waals surface area contributed by atoms with Crippen molar-refractivity contribution in [1.29, 1.82) is 0 Å². The number of aromatic nitrogens is 1. The van der Waals surface area contributed by atoms with Gasteiger partial charge in [-0.05, 0) is 24.3 Å². The van der Waals surface area contributed by atoms with Crippen molar-refractivity contribution in [2.75, 3.05) is 6.54 Å². The molecule has 2 rings (SSSR count). The molecule has 8 heteroatoms. The summed E-state index contributed by atoms with van der Waals surface area (Å²) >= 11 is 0. The van der Waals surface area contributed by atoms with Crippen LogP contribution in [0.25, 0.3) is 0 Å². The number of benzene rings is 1. The first-order chi connectivity index (χ1) is 10.3. The predicted molar refractivity (Wildman–Crippen MR) is 74.6 cm³/mol. The molecule has 0 bridgehead atoms. The quantitative estimate of drug-likeness (QED) is 0.917. The molecule has 0 saturated carbocycles. The van der Waals surface area contributed by atoms with Gasteiger partial charge < -0.3 is 0 Å². The summed E-state index contributed by atoms with van der Waals surface area (Å²) in [5.74, 6) is 0. The first-order valence-corrected chi connectivity index (χ1v) is 7.85. The summed E-state index contributed by atoms with van der Waals surface area (Å²) in [5, 5.41) is 0. The second-order valence-electron chi connectivity index (χ2n) is 4.46. The largest absolute Gasteiger partial charge is 0.417 e. The van der Waals surface area contributed by atoms with Crippen molar-refractivity contribution in [2.24, 2.45) is 0 Å². The molecule has 0 unspecified atom stereocenters. The van der Waals surface area contributed by atoms with Crippen LogP contribution in [0.4, 0.5) is 13.2 Å². The van der Waals surface area contributed by atoms with E-state index in [1.165, 1.54) is 6.07 Å². The topological polar surface area (TPSA) is 59.1 Å². The Bertz CT molecular complexity index is 731. The number of pyridine rings is 1. The van der Waals surface area contributed by atoms with E-state index < -0.39 is 26.7 Å². The highest BCUT2D eigenvalue weighted by atomic mass is 32.2. The number of hydrogen-bond donors (Lipinski definition) is 1. The van der Waals surface area contributed by atoms with Crippen molar-refractivity contribution < 1.29 is 21.6 Å². The Labute approximate surface area is 126 Å². The first-order valence-electron chi connectivity index (χ1n) is 6.36. The predicted octanol–water partition coefficient (Wildman–Crippen LogP) is 2.62. The molecule has 2 aromatic rings. The van der Waals surface area contributed by atoms with Crippen LogP contribution in [0.2, 0.25) is 0 Å². The van der Waals surface area contributed by atoms with Crippen LogP contribution in [0, 0.1) is 0 Å².